The van der Waals surface area contributed by atoms with Gasteiger partial charge in [-0.1, -0.05) is 6.92 Å². The molecule has 2 N–H and O–H groups in total. The van der Waals surface area contributed by atoms with Crippen LogP contribution in [0.2, 0.25) is 0 Å². The Hall–Kier alpha value is -0.750. The molecule has 1 rings (SSSR count). The monoisotopic (exact) mass is 308 g/mol. The van der Waals surface area contributed by atoms with Crippen LogP contribution in [0.5, 0.6) is 0 Å². The number of rotatable bonds is 3. The van der Waals surface area contributed by atoms with Crippen molar-refractivity contribution < 1.29 is 8.78 Å². The molecule has 1 aromatic rings. The largest absolute Gasteiger partial charge is 0.362 e. The summed E-state index contributed by atoms with van der Waals surface area (Å²) in [5, 5.41) is 5.74. The molecule has 0 amide bonds. The zero-order chi connectivity index (χ0) is 12.1. The molecular formula is C10H11BrF2N2S. The number of hydrogen-bond donors (Lipinski definition) is 2. The summed E-state index contributed by atoms with van der Waals surface area (Å²) in [7, 11) is 0. The molecule has 0 spiro atoms. The Bertz CT molecular complexity index is 399. The molecule has 16 heavy (non-hydrogen) atoms. The van der Waals surface area contributed by atoms with Gasteiger partial charge in [-0.05, 0) is 46.7 Å². The zero-order valence-corrected chi connectivity index (χ0v) is 11.0. The van der Waals surface area contributed by atoms with Crippen molar-refractivity contribution in [2.75, 3.05) is 11.9 Å². The van der Waals surface area contributed by atoms with Gasteiger partial charge in [-0.25, -0.2) is 8.78 Å². The highest BCUT2D eigenvalue weighted by atomic mass is 79.9. The Labute approximate surface area is 107 Å². The van der Waals surface area contributed by atoms with E-state index in [1.807, 2.05) is 6.92 Å². The van der Waals surface area contributed by atoms with Crippen molar-refractivity contribution in [1.29, 1.82) is 0 Å². The highest BCUT2D eigenvalue weighted by molar-refractivity contribution is 9.10. The molecule has 0 heterocycles. The van der Waals surface area contributed by atoms with Gasteiger partial charge in [0.25, 0.3) is 0 Å². The molecule has 0 aliphatic carbocycles. The Morgan fingerprint density at radius 3 is 2.69 bits per heavy atom. The van der Waals surface area contributed by atoms with Crippen molar-refractivity contribution in [3.63, 3.8) is 0 Å². The fourth-order valence-electron chi connectivity index (χ4n) is 1.03. The lowest BCUT2D eigenvalue weighted by atomic mass is 10.3. The summed E-state index contributed by atoms with van der Waals surface area (Å²) in [5.74, 6) is -1.88. The van der Waals surface area contributed by atoms with Gasteiger partial charge in [-0.3, -0.25) is 0 Å². The number of nitrogens with one attached hydrogen (secondary N) is 2. The molecule has 0 bridgehead atoms. The first-order valence-electron chi connectivity index (χ1n) is 4.74. The molecule has 0 aromatic heterocycles. The van der Waals surface area contributed by atoms with Crippen molar-refractivity contribution in [2.24, 2.45) is 0 Å². The van der Waals surface area contributed by atoms with Crippen molar-refractivity contribution in [1.82, 2.24) is 5.32 Å². The maximum Gasteiger partial charge on any atom is 0.183 e. The van der Waals surface area contributed by atoms with Crippen molar-refractivity contribution in [3.8, 4) is 0 Å². The molecule has 2 nitrogen and oxygen atoms in total. The van der Waals surface area contributed by atoms with E-state index in [4.69, 9.17) is 12.2 Å². The minimum Gasteiger partial charge on any atom is -0.362 e. The first kappa shape index (κ1) is 13.3. The molecule has 0 aliphatic rings. The predicted molar refractivity (Wildman–Crippen MR) is 68.6 cm³/mol. The van der Waals surface area contributed by atoms with E-state index in [9.17, 15) is 8.78 Å². The van der Waals surface area contributed by atoms with Crippen LogP contribution < -0.4 is 10.6 Å². The van der Waals surface area contributed by atoms with Crippen LogP contribution >= 0.6 is 28.1 Å². The van der Waals surface area contributed by atoms with Gasteiger partial charge in [0.2, 0.25) is 0 Å². The van der Waals surface area contributed by atoms with Gasteiger partial charge in [0.1, 0.15) is 0 Å². The molecule has 0 radical (unpaired) electrons. The van der Waals surface area contributed by atoms with Crippen molar-refractivity contribution in [3.05, 3.63) is 28.2 Å². The van der Waals surface area contributed by atoms with Gasteiger partial charge < -0.3 is 10.6 Å². The van der Waals surface area contributed by atoms with E-state index in [0.717, 1.165) is 6.42 Å². The molecule has 0 atom stereocenters. The number of halogens is 3. The van der Waals surface area contributed by atoms with Crippen molar-refractivity contribution in [2.45, 2.75) is 13.3 Å². The Morgan fingerprint density at radius 1 is 1.38 bits per heavy atom. The molecular weight excluding hydrogens is 298 g/mol. The maximum absolute atomic E-state index is 13.4. The van der Waals surface area contributed by atoms with Gasteiger partial charge >= 0.3 is 0 Å². The fraction of sp³-hybridized carbons (Fsp3) is 0.300. The molecule has 0 saturated carbocycles. The quantitative estimate of drug-likeness (QED) is 0.661. The van der Waals surface area contributed by atoms with Crippen LogP contribution in [0.4, 0.5) is 14.5 Å². The molecule has 88 valence electrons. The highest BCUT2D eigenvalue weighted by Gasteiger charge is 2.12. The average molecular weight is 309 g/mol. The lowest BCUT2D eigenvalue weighted by Crippen LogP contribution is -2.29. The van der Waals surface area contributed by atoms with Gasteiger partial charge in [0, 0.05) is 6.54 Å². The molecule has 6 heteroatoms. The van der Waals surface area contributed by atoms with Gasteiger partial charge in [0.15, 0.2) is 16.7 Å². The van der Waals surface area contributed by atoms with Crippen LogP contribution in [0.25, 0.3) is 0 Å². The summed E-state index contributed by atoms with van der Waals surface area (Å²) in [4.78, 5) is 0. The maximum atomic E-state index is 13.4. The first-order valence-corrected chi connectivity index (χ1v) is 5.94. The predicted octanol–water partition coefficient (Wildman–Crippen LogP) is 3.42. The second kappa shape index (κ2) is 6.10. The van der Waals surface area contributed by atoms with Gasteiger partial charge in [-0.15, -0.1) is 0 Å². The second-order valence-corrected chi connectivity index (χ2v) is 4.37. The van der Waals surface area contributed by atoms with Gasteiger partial charge in [0.05, 0.1) is 10.2 Å². The normalized spacial score (nSPS) is 10.0. The second-order valence-electron chi connectivity index (χ2n) is 3.10. The highest BCUT2D eigenvalue weighted by Crippen LogP contribution is 2.24. The molecule has 0 fully saturated rings. The van der Waals surface area contributed by atoms with Gasteiger partial charge in [-0.2, -0.15) is 0 Å². The van der Waals surface area contributed by atoms with E-state index in [2.05, 4.69) is 26.6 Å². The SMILES string of the molecule is CCCNC(=S)Nc1ccc(Br)c(F)c1F. The summed E-state index contributed by atoms with van der Waals surface area (Å²) < 4.78 is 26.6. The van der Waals surface area contributed by atoms with E-state index in [0.29, 0.717) is 6.54 Å². The van der Waals surface area contributed by atoms with E-state index in [-0.39, 0.29) is 15.3 Å². The van der Waals surface area contributed by atoms with E-state index in [1.165, 1.54) is 12.1 Å². The third-order valence-corrected chi connectivity index (χ3v) is 2.68. The van der Waals surface area contributed by atoms with Crippen LogP contribution in [-0.4, -0.2) is 11.7 Å². The smallest absolute Gasteiger partial charge is 0.183 e. The minimum atomic E-state index is -0.949. The Kier molecular flexibility index (Phi) is 5.08. The summed E-state index contributed by atoms with van der Waals surface area (Å²) in [6.45, 7) is 2.67. The summed E-state index contributed by atoms with van der Waals surface area (Å²) in [6, 6.07) is 2.84. The van der Waals surface area contributed by atoms with Crippen LogP contribution in [0.1, 0.15) is 13.3 Å². The Balaban J connectivity index is 2.74. The first-order chi connectivity index (χ1) is 7.56. The number of anilines is 1. The molecule has 1 aromatic carbocycles. The van der Waals surface area contributed by atoms with Crippen molar-refractivity contribution >= 4 is 38.9 Å². The third kappa shape index (κ3) is 3.38. The number of benzene rings is 1. The van der Waals surface area contributed by atoms with Crippen LogP contribution in [0, 0.1) is 11.6 Å². The standard InChI is InChI=1S/C10H11BrF2N2S/c1-2-5-14-10(16)15-7-4-3-6(11)8(12)9(7)13/h3-4H,2,5H2,1H3,(H2,14,15,16). The van der Waals surface area contributed by atoms with E-state index >= 15 is 0 Å². The molecule has 0 unspecified atom stereocenters. The Morgan fingerprint density at radius 2 is 2.06 bits per heavy atom. The zero-order valence-electron chi connectivity index (χ0n) is 8.61. The van der Waals surface area contributed by atoms with E-state index < -0.39 is 11.6 Å². The number of thiocarbonyl (C=S) groups is 1. The van der Waals surface area contributed by atoms with Crippen LogP contribution in [-0.2, 0) is 0 Å². The topological polar surface area (TPSA) is 24.1 Å². The summed E-state index contributed by atoms with van der Waals surface area (Å²) >= 11 is 7.81. The van der Waals surface area contributed by atoms with Crippen LogP contribution in [0.3, 0.4) is 0 Å². The minimum absolute atomic E-state index is 0.0225. The lowest BCUT2D eigenvalue weighted by Gasteiger charge is -2.11. The molecule has 0 aliphatic heterocycles. The lowest BCUT2D eigenvalue weighted by molar-refractivity contribution is 0.507. The average Bonchev–Trinajstić information content (AvgIpc) is 2.27. The summed E-state index contributed by atoms with van der Waals surface area (Å²) in [5.41, 5.74) is 0.0225. The van der Waals surface area contributed by atoms with E-state index in [1.54, 1.807) is 0 Å². The van der Waals surface area contributed by atoms with Crippen LogP contribution in [0.15, 0.2) is 16.6 Å². The molecule has 0 saturated heterocycles. The number of hydrogen-bond acceptors (Lipinski definition) is 1. The fourth-order valence-corrected chi connectivity index (χ4v) is 1.55. The summed E-state index contributed by atoms with van der Waals surface area (Å²) in [6.07, 6.45) is 0.902. The third-order valence-electron chi connectivity index (χ3n) is 1.82.